The quantitative estimate of drug-likeness (QED) is 0.679. The smallest absolute Gasteiger partial charge is 0.176 e. The van der Waals surface area contributed by atoms with Crippen LogP contribution in [-0.4, -0.2) is 26.4 Å². The van der Waals surface area contributed by atoms with Crippen molar-refractivity contribution in [1.29, 1.82) is 0 Å². The van der Waals surface area contributed by atoms with Gasteiger partial charge in [0, 0.05) is 18.3 Å². The highest BCUT2D eigenvalue weighted by atomic mass is 16.1. The number of carbonyl (C=O) groups excluding carboxylic acids is 1. The second kappa shape index (κ2) is 4.62. The zero-order valence-corrected chi connectivity index (χ0v) is 7.92. The average molecular weight is 178 g/mol. The van der Waals surface area contributed by atoms with Gasteiger partial charge in [-0.15, -0.1) is 0 Å². The van der Waals surface area contributed by atoms with E-state index in [0.29, 0.717) is 6.54 Å². The Morgan fingerprint density at radius 3 is 2.77 bits per heavy atom. The minimum Gasteiger partial charge on any atom is -0.388 e. The van der Waals surface area contributed by atoms with Crippen LogP contribution in [-0.2, 0) is 0 Å². The molecule has 0 heterocycles. The number of hydrogen-bond donors (Lipinski definition) is 2. The van der Waals surface area contributed by atoms with E-state index in [1.165, 1.54) is 0 Å². The van der Waals surface area contributed by atoms with Gasteiger partial charge >= 0.3 is 0 Å². The monoisotopic (exact) mass is 178 g/mol. The van der Waals surface area contributed by atoms with Gasteiger partial charge in [0.25, 0.3) is 0 Å². The SMILES string of the molecule is CNCC(=O)c1cccc(NC)c1. The molecular weight excluding hydrogens is 164 g/mol. The molecule has 0 unspecified atom stereocenters. The van der Waals surface area contributed by atoms with Gasteiger partial charge in [0.2, 0.25) is 0 Å². The number of benzene rings is 1. The number of carbonyl (C=O) groups is 1. The molecule has 70 valence electrons. The Balaban J connectivity index is 2.82. The number of ketones is 1. The molecule has 0 aliphatic carbocycles. The summed E-state index contributed by atoms with van der Waals surface area (Å²) in [5.74, 6) is 0.111. The molecule has 0 aromatic heterocycles. The molecule has 1 aromatic rings. The van der Waals surface area contributed by atoms with Crippen LogP contribution in [0.2, 0.25) is 0 Å². The van der Waals surface area contributed by atoms with Gasteiger partial charge in [0.05, 0.1) is 6.54 Å². The predicted molar refractivity (Wildman–Crippen MR) is 54.2 cm³/mol. The summed E-state index contributed by atoms with van der Waals surface area (Å²) in [5, 5.41) is 5.83. The largest absolute Gasteiger partial charge is 0.388 e. The molecule has 0 saturated carbocycles. The fourth-order valence-corrected chi connectivity index (χ4v) is 1.11. The van der Waals surface area contributed by atoms with Crippen LogP contribution in [0.5, 0.6) is 0 Å². The molecule has 0 fully saturated rings. The first kappa shape index (κ1) is 9.74. The highest BCUT2D eigenvalue weighted by Crippen LogP contribution is 2.09. The third-order valence-corrected chi connectivity index (χ3v) is 1.81. The lowest BCUT2D eigenvalue weighted by molar-refractivity contribution is 0.0993. The highest BCUT2D eigenvalue weighted by Gasteiger charge is 2.03. The molecule has 0 amide bonds. The van der Waals surface area contributed by atoms with E-state index in [4.69, 9.17) is 0 Å². The minimum atomic E-state index is 0.111. The normalized spacial score (nSPS) is 9.69. The average Bonchev–Trinajstić information content (AvgIpc) is 2.18. The van der Waals surface area contributed by atoms with Crippen molar-refractivity contribution in [3.8, 4) is 0 Å². The highest BCUT2D eigenvalue weighted by molar-refractivity contribution is 5.98. The summed E-state index contributed by atoms with van der Waals surface area (Å²) in [6.07, 6.45) is 0. The summed E-state index contributed by atoms with van der Waals surface area (Å²) < 4.78 is 0. The molecule has 0 saturated heterocycles. The molecule has 2 N–H and O–H groups in total. The number of likely N-dealkylation sites (N-methyl/N-ethyl adjacent to an activating group) is 1. The molecule has 13 heavy (non-hydrogen) atoms. The Morgan fingerprint density at radius 2 is 2.15 bits per heavy atom. The number of nitrogens with one attached hydrogen (secondary N) is 2. The summed E-state index contributed by atoms with van der Waals surface area (Å²) in [5.41, 5.74) is 1.70. The Morgan fingerprint density at radius 1 is 1.38 bits per heavy atom. The van der Waals surface area contributed by atoms with E-state index in [1.807, 2.05) is 31.3 Å². The molecule has 3 nitrogen and oxygen atoms in total. The van der Waals surface area contributed by atoms with Crippen LogP contribution in [0.4, 0.5) is 5.69 Å². The molecular formula is C10H14N2O. The van der Waals surface area contributed by atoms with Gasteiger partial charge in [0.1, 0.15) is 0 Å². The third kappa shape index (κ3) is 2.56. The lowest BCUT2D eigenvalue weighted by Gasteiger charge is -2.03. The van der Waals surface area contributed by atoms with Crippen LogP contribution in [0.15, 0.2) is 24.3 Å². The van der Waals surface area contributed by atoms with E-state index in [9.17, 15) is 4.79 Å². The summed E-state index contributed by atoms with van der Waals surface area (Å²) in [4.78, 5) is 11.4. The van der Waals surface area contributed by atoms with Crippen molar-refractivity contribution in [2.45, 2.75) is 0 Å². The Bertz CT molecular complexity index is 297. The van der Waals surface area contributed by atoms with Crippen molar-refractivity contribution in [1.82, 2.24) is 5.32 Å². The van der Waals surface area contributed by atoms with Gasteiger partial charge in [-0.3, -0.25) is 4.79 Å². The van der Waals surface area contributed by atoms with E-state index in [0.717, 1.165) is 11.3 Å². The Kier molecular flexibility index (Phi) is 3.46. The molecule has 1 rings (SSSR count). The van der Waals surface area contributed by atoms with Crippen LogP contribution in [0.1, 0.15) is 10.4 Å². The predicted octanol–water partition coefficient (Wildman–Crippen LogP) is 1.13. The van der Waals surface area contributed by atoms with Crippen molar-refractivity contribution in [2.75, 3.05) is 26.0 Å². The lowest BCUT2D eigenvalue weighted by atomic mass is 10.1. The third-order valence-electron chi connectivity index (χ3n) is 1.81. The minimum absolute atomic E-state index is 0.111. The molecule has 0 spiro atoms. The molecule has 0 radical (unpaired) electrons. The van der Waals surface area contributed by atoms with Gasteiger partial charge < -0.3 is 10.6 Å². The number of Topliss-reactive ketones (excluding diaryl/α,β-unsaturated/α-hetero) is 1. The van der Waals surface area contributed by atoms with Crippen molar-refractivity contribution in [3.63, 3.8) is 0 Å². The first-order valence-electron chi connectivity index (χ1n) is 4.23. The molecule has 0 aliphatic heterocycles. The van der Waals surface area contributed by atoms with Crippen LogP contribution >= 0.6 is 0 Å². The Labute approximate surface area is 78.2 Å². The zero-order chi connectivity index (χ0) is 9.68. The van der Waals surface area contributed by atoms with Gasteiger partial charge in [-0.05, 0) is 19.2 Å². The van der Waals surface area contributed by atoms with Gasteiger partial charge in [-0.25, -0.2) is 0 Å². The number of rotatable bonds is 4. The van der Waals surface area contributed by atoms with E-state index < -0.39 is 0 Å². The molecule has 0 atom stereocenters. The standard InChI is InChI=1S/C10H14N2O/c1-11-7-10(13)8-4-3-5-9(6-8)12-2/h3-6,11-12H,7H2,1-2H3. The summed E-state index contributed by atoms with van der Waals surface area (Å²) in [7, 11) is 3.60. The van der Waals surface area contributed by atoms with E-state index in [-0.39, 0.29) is 5.78 Å². The summed E-state index contributed by atoms with van der Waals surface area (Å²) in [6, 6.07) is 7.46. The van der Waals surface area contributed by atoms with Crippen molar-refractivity contribution in [3.05, 3.63) is 29.8 Å². The van der Waals surface area contributed by atoms with E-state index in [2.05, 4.69) is 10.6 Å². The molecule has 0 bridgehead atoms. The summed E-state index contributed by atoms with van der Waals surface area (Å²) in [6.45, 7) is 0.382. The Hall–Kier alpha value is -1.35. The maximum absolute atomic E-state index is 11.4. The topological polar surface area (TPSA) is 41.1 Å². The van der Waals surface area contributed by atoms with Crippen molar-refractivity contribution < 1.29 is 4.79 Å². The zero-order valence-electron chi connectivity index (χ0n) is 7.92. The maximum Gasteiger partial charge on any atom is 0.176 e. The van der Waals surface area contributed by atoms with E-state index in [1.54, 1.807) is 7.05 Å². The molecule has 1 aromatic carbocycles. The number of hydrogen-bond acceptors (Lipinski definition) is 3. The van der Waals surface area contributed by atoms with Crippen molar-refractivity contribution >= 4 is 11.5 Å². The van der Waals surface area contributed by atoms with Crippen LogP contribution in [0.3, 0.4) is 0 Å². The summed E-state index contributed by atoms with van der Waals surface area (Å²) >= 11 is 0. The fourth-order valence-electron chi connectivity index (χ4n) is 1.11. The molecule has 0 aliphatic rings. The fraction of sp³-hybridized carbons (Fsp3) is 0.300. The second-order valence-corrected chi connectivity index (χ2v) is 2.78. The first-order valence-corrected chi connectivity index (χ1v) is 4.23. The van der Waals surface area contributed by atoms with Crippen molar-refractivity contribution in [2.24, 2.45) is 0 Å². The van der Waals surface area contributed by atoms with Crippen LogP contribution in [0, 0.1) is 0 Å². The maximum atomic E-state index is 11.4. The van der Waals surface area contributed by atoms with Gasteiger partial charge in [-0.1, -0.05) is 12.1 Å². The van der Waals surface area contributed by atoms with E-state index >= 15 is 0 Å². The second-order valence-electron chi connectivity index (χ2n) is 2.78. The number of anilines is 1. The van der Waals surface area contributed by atoms with Crippen LogP contribution < -0.4 is 10.6 Å². The van der Waals surface area contributed by atoms with Gasteiger partial charge in [0.15, 0.2) is 5.78 Å². The molecule has 3 heteroatoms. The first-order chi connectivity index (χ1) is 6.27. The lowest BCUT2D eigenvalue weighted by Crippen LogP contribution is -2.18. The van der Waals surface area contributed by atoms with Gasteiger partial charge in [-0.2, -0.15) is 0 Å². The van der Waals surface area contributed by atoms with Crippen LogP contribution in [0.25, 0.3) is 0 Å².